The molecule has 1 rings (SSSR count). The lowest BCUT2D eigenvalue weighted by Crippen LogP contribution is -2.43. The van der Waals surface area contributed by atoms with Gasteiger partial charge in [0.25, 0.3) is 0 Å². The summed E-state index contributed by atoms with van der Waals surface area (Å²) in [5.41, 5.74) is 5.61. The van der Waals surface area contributed by atoms with Crippen LogP contribution < -0.4 is 10.5 Å². The summed E-state index contributed by atoms with van der Waals surface area (Å²) in [5, 5.41) is -0.0188. The number of sulfone groups is 1. The molecule has 0 fully saturated rings. The molecule has 0 aliphatic heterocycles. The van der Waals surface area contributed by atoms with Crippen molar-refractivity contribution >= 4 is 37.1 Å². The van der Waals surface area contributed by atoms with Gasteiger partial charge < -0.3 is 5.73 Å². The van der Waals surface area contributed by atoms with Crippen molar-refractivity contribution in [1.82, 2.24) is 4.72 Å². The number of hydrogen-bond donors (Lipinski definition) is 2. The molecule has 114 valence electrons. The van der Waals surface area contributed by atoms with Crippen LogP contribution in [0.15, 0.2) is 23.1 Å². The Labute approximate surface area is 124 Å². The zero-order chi connectivity index (χ0) is 15.8. The van der Waals surface area contributed by atoms with Crippen LogP contribution in [0.4, 0.5) is 5.69 Å². The average Bonchev–Trinajstić information content (AvgIpc) is 2.24. The van der Waals surface area contributed by atoms with Crippen molar-refractivity contribution in [2.45, 2.75) is 23.5 Å². The Kier molecular flexibility index (Phi) is 4.75. The zero-order valence-electron chi connectivity index (χ0n) is 11.3. The molecular weight excluding hydrogens is 324 g/mol. The van der Waals surface area contributed by atoms with E-state index in [4.69, 9.17) is 17.3 Å². The van der Waals surface area contributed by atoms with Crippen LogP contribution in [-0.2, 0) is 19.9 Å². The lowest BCUT2D eigenvalue weighted by Gasteiger charge is -2.23. The molecule has 0 saturated heterocycles. The molecule has 1 aromatic carbocycles. The molecule has 0 unspecified atom stereocenters. The van der Waals surface area contributed by atoms with Crippen LogP contribution in [0.1, 0.15) is 13.8 Å². The van der Waals surface area contributed by atoms with E-state index >= 15 is 0 Å². The van der Waals surface area contributed by atoms with Gasteiger partial charge in [0.05, 0.1) is 15.5 Å². The van der Waals surface area contributed by atoms with Crippen LogP contribution >= 0.6 is 11.6 Å². The fraction of sp³-hybridized carbons (Fsp3) is 0.455. The van der Waals surface area contributed by atoms with Gasteiger partial charge in [0.1, 0.15) is 4.90 Å². The van der Waals surface area contributed by atoms with Crippen LogP contribution in [0.25, 0.3) is 0 Å². The molecule has 0 heterocycles. The number of nitrogens with two attached hydrogens (primary N) is 1. The normalized spacial score (nSPS) is 13.4. The first-order chi connectivity index (χ1) is 8.88. The predicted octanol–water partition coefficient (Wildman–Crippen LogP) is 1.02. The van der Waals surface area contributed by atoms with Gasteiger partial charge in [-0.15, -0.1) is 0 Å². The highest BCUT2D eigenvalue weighted by molar-refractivity contribution is 7.92. The lowest BCUT2D eigenvalue weighted by molar-refractivity contribution is 0.537. The highest BCUT2D eigenvalue weighted by atomic mass is 35.5. The second-order valence-electron chi connectivity index (χ2n) is 5.01. The maximum Gasteiger partial charge on any atom is 0.244 e. The van der Waals surface area contributed by atoms with E-state index in [0.717, 1.165) is 6.26 Å². The monoisotopic (exact) mass is 340 g/mol. The molecule has 1 aromatic rings. The fourth-order valence-electron chi connectivity index (χ4n) is 1.28. The van der Waals surface area contributed by atoms with Gasteiger partial charge in [-0.3, -0.25) is 0 Å². The van der Waals surface area contributed by atoms with Gasteiger partial charge in [0, 0.05) is 12.8 Å². The summed E-state index contributed by atoms with van der Waals surface area (Å²) in [6.07, 6.45) is 1.05. The number of benzene rings is 1. The van der Waals surface area contributed by atoms with E-state index in [9.17, 15) is 16.8 Å². The summed E-state index contributed by atoms with van der Waals surface area (Å²) >= 11 is 5.84. The van der Waals surface area contributed by atoms with E-state index in [-0.39, 0.29) is 22.2 Å². The van der Waals surface area contributed by atoms with E-state index in [1.165, 1.54) is 32.0 Å². The van der Waals surface area contributed by atoms with E-state index < -0.39 is 24.6 Å². The SMILES string of the molecule is CC(C)(CNS(=O)(=O)c1c(N)cccc1Cl)S(C)(=O)=O. The molecule has 3 N–H and O–H groups in total. The minimum atomic E-state index is -3.99. The molecule has 0 spiro atoms. The van der Waals surface area contributed by atoms with Gasteiger partial charge in [0.15, 0.2) is 9.84 Å². The smallest absolute Gasteiger partial charge is 0.244 e. The van der Waals surface area contributed by atoms with Crippen LogP contribution in [0.3, 0.4) is 0 Å². The maximum absolute atomic E-state index is 12.2. The van der Waals surface area contributed by atoms with Gasteiger partial charge in [0.2, 0.25) is 10.0 Å². The summed E-state index contributed by atoms with van der Waals surface area (Å²) in [7, 11) is -7.40. The molecule has 0 aliphatic rings. The molecule has 0 aromatic heterocycles. The molecule has 6 nitrogen and oxygen atoms in total. The molecule has 0 aliphatic carbocycles. The summed E-state index contributed by atoms with van der Waals surface area (Å²) in [6.45, 7) is 2.58. The first-order valence-corrected chi connectivity index (χ1v) is 9.37. The minimum Gasteiger partial charge on any atom is -0.398 e. The Bertz CT molecular complexity index is 692. The summed E-state index contributed by atoms with van der Waals surface area (Å²) in [4.78, 5) is -0.244. The van der Waals surface area contributed by atoms with Gasteiger partial charge in [-0.1, -0.05) is 17.7 Å². The Morgan fingerprint density at radius 1 is 1.25 bits per heavy atom. The predicted molar refractivity (Wildman–Crippen MR) is 80.0 cm³/mol. The van der Waals surface area contributed by atoms with E-state index in [0.29, 0.717) is 0 Å². The highest BCUT2D eigenvalue weighted by Gasteiger charge is 2.32. The summed E-state index contributed by atoms with van der Waals surface area (Å²) in [5.74, 6) is 0. The van der Waals surface area contributed by atoms with Crippen molar-refractivity contribution in [2.24, 2.45) is 0 Å². The van der Waals surface area contributed by atoms with Crippen LogP contribution in [0, 0.1) is 0 Å². The number of nitrogen functional groups attached to an aromatic ring is 1. The second-order valence-corrected chi connectivity index (χ2v) is 9.78. The maximum atomic E-state index is 12.2. The summed E-state index contributed by atoms with van der Waals surface area (Å²) in [6, 6.07) is 4.33. The Hall–Kier alpha value is -0.830. The molecule has 0 saturated carbocycles. The number of nitrogens with one attached hydrogen (secondary N) is 1. The molecule has 9 heteroatoms. The minimum absolute atomic E-state index is 0.00200. The molecule has 0 amide bonds. The highest BCUT2D eigenvalue weighted by Crippen LogP contribution is 2.27. The van der Waals surface area contributed by atoms with Crippen LogP contribution in [0.2, 0.25) is 5.02 Å². The van der Waals surface area contributed by atoms with Crippen molar-refractivity contribution in [1.29, 1.82) is 0 Å². The Morgan fingerprint density at radius 2 is 1.80 bits per heavy atom. The summed E-state index contributed by atoms with van der Waals surface area (Å²) < 4.78 is 48.5. The topological polar surface area (TPSA) is 106 Å². The van der Waals surface area contributed by atoms with Gasteiger partial charge >= 0.3 is 0 Å². The third kappa shape index (κ3) is 3.63. The number of halogens is 1. The third-order valence-corrected chi connectivity index (χ3v) is 7.05. The van der Waals surface area contributed by atoms with Gasteiger partial charge in [-0.2, -0.15) is 0 Å². The van der Waals surface area contributed by atoms with Crippen LogP contribution in [0.5, 0.6) is 0 Å². The van der Waals surface area contributed by atoms with E-state index in [2.05, 4.69) is 4.72 Å². The largest absolute Gasteiger partial charge is 0.398 e. The second kappa shape index (κ2) is 5.51. The first-order valence-electron chi connectivity index (χ1n) is 5.62. The van der Waals surface area contributed by atoms with Crippen molar-refractivity contribution < 1.29 is 16.8 Å². The van der Waals surface area contributed by atoms with E-state index in [1.54, 1.807) is 0 Å². The average molecular weight is 341 g/mol. The molecule has 0 bridgehead atoms. The van der Waals surface area contributed by atoms with Crippen LogP contribution in [-0.4, -0.2) is 34.4 Å². The molecule has 20 heavy (non-hydrogen) atoms. The Balaban J connectivity index is 3.10. The van der Waals surface area contributed by atoms with E-state index in [1.807, 2.05) is 0 Å². The van der Waals surface area contributed by atoms with Crippen molar-refractivity contribution in [2.75, 3.05) is 18.5 Å². The number of rotatable bonds is 5. The molecule has 0 atom stereocenters. The van der Waals surface area contributed by atoms with Crippen molar-refractivity contribution in [3.63, 3.8) is 0 Å². The van der Waals surface area contributed by atoms with Gasteiger partial charge in [-0.05, 0) is 26.0 Å². The molecule has 0 radical (unpaired) electrons. The first kappa shape index (κ1) is 17.2. The number of hydrogen-bond acceptors (Lipinski definition) is 5. The lowest BCUT2D eigenvalue weighted by atomic mass is 10.2. The van der Waals surface area contributed by atoms with Crippen molar-refractivity contribution in [3.05, 3.63) is 23.2 Å². The van der Waals surface area contributed by atoms with Gasteiger partial charge in [-0.25, -0.2) is 21.6 Å². The quantitative estimate of drug-likeness (QED) is 0.778. The number of anilines is 1. The third-order valence-electron chi connectivity index (χ3n) is 2.96. The Morgan fingerprint density at radius 3 is 2.25 bits per heavy atom. The fourth-order valence-corrected chi connectivity index (χ4v) is 3.59. The van der Waals surface area contributed by atoms with Crippen molar-refractivity contribution in [3.8, 4) is 0 Å². The molecular formula is C11H17ClN2O4S2. The standard InChI is InChI=1S/C11H17ClN2O4S2/c1-11(2,19(3,15)16)7-14-20(17,18)10-8(12)5-4-6-9(10)13/h4-6,14H,7,13H2,1-3H3. The zero-order valence-corrected chi connectivity index (χ0v) is 13.7. The number of sulfonamides is 1.